The molecule has 2 aromatic carbocycles. The number of nitrogens with one attached hydrogen (secondary N) is 1. The number of benzene rings is 2. The summed E-state index contributed by atoms with van der Waals surface area (Å²) in [6.07, 6.45) is 0. The highest BCUT2D eigenvalue weighted by Gasteiger charge is 2.08. The van der Waals surface area contributed by atoms with Gasteiger partial charge in [-0.25, -0.2) is 0 Å². The second-order valence-electron chi connectivity index (χ2n) is 4.09. The first-order valence-electron chi connectivity index (χ1n) is 5.60. The maximum atomic E-state index is 6.11. The van der Waals surface area contributed by atoms with Crippen LogP contribution in [-0.4, -0.2) is 4.99 Å². The van der Waals surface area contributed by atoms with Crippen LogP contribution in [0.25, 0.3) is 0 Å². The van der Waals surface area contributed by atoms with Crippen molar-refractivity contribution in [2.45, 2.75) is 6.92 Å². The molecule has 0 saturated carbocycles. The molecule has 0 atom stereocenters. The molecule has 0 saturated heterocycles. The van der Waals surface area contributed by atoms with E-state index in [1.54, 1.807) is 0 Å². The number of halogens is 2. The van der Waals surface area contributed by atoms with Crippen LogP contribution in [0.5, 0.6) is 0 Å². The highest BCUT2D eigenvalue weighted by molar-refractivity contribution is 9.10. The molecule has 2 aromatic rings. The van der Waals surface area contributed by atoms with Crippen LogP contribution in [0.15, 0.2) is 40.9 Å². The van der Waals surface area contributed by atoms with E-state index in [4.69, 9.17) is 29.6 Å². The van der Waals surface area contributed by atoms with Crippen LogP contribution >= 0.6 is 39.7 Å². The molecule has 0 radical (unpaired) electrons. The first-order chi connectivity index (χ1) is 8.99. The van der Waals surface area contributed by atoms with E-state index in [9.17, 15) is 0 Å². The fourth-order valence-corrected chi connectivity index (χ4v) is 2.44. The molecule has 0 bridgehead atoms. The molecule has 0 spiro atoms. The SMILES string of the molecule is Cc1c(Cl)cccc1Nc1cc(Br)ccc1C(N)=S. The summed E-state index contributed by atoms with van der Waals surface area (Å²) in [6, 6.07) is 11.5. The van der Waals surface area contributed by atoms with Crippen molar-refractivity contribution >= 4 is 56.1 Å². The summed E-state index contributed by atoms with van der Waals surface area (Å²) in [5.74, 6) is 0. The number of hydrogen-bond donors (Lipinski definition) is 2. The molecule has 19 heavy (non-hydrogen) atoms. The monoisotopic (exact) mass is 354 g/mol. The maximum Gasteiger partial charge on any atom is 0.106 e. The van der Waals surface area contributed by atoms with Gasteiger partial charge in [-0.2, -0.15) is 0 Å². The summed E-state index contributed by atoms with van der Waals surface area (Å²) in [5, 5.41) is 4.04. The van der Waals surface area contributed by atoms with Crippen LogP contribution in [0, 0.1) is 6.92 Å². The molecule has 0 fully saturated rings. The molecule has 98 valence electrons. The van der Waals surface area contributed by atoms with E-state index in [0.29, 0.717) is 4.99 Å². The van der Waals surface area contributed by atoms with Gasteiger partial charge in [0.05, 0.1) is 0 Å². The lowest BCUT2D eigenvalue weighted by molar-refractivity contribution is 1.42. The molecule has 0 aliphatic heterocycles. The number of nitrogens with two attached hydrogens (primary N) is 1. The van der Waals surface area contributed by atoms with Gasteiger partial charge in [-0.1, -0.05) is 45.8 Å². The number of hydrogen-bond acceptors (Lipinski definition) is 2. The zero-order valence-electron chi connectivity index (χ0n) is 10.2. The van der Waals surface area contributed by atoms with Gasteiger partial charge in [-0.05, 0) is 42.8 Å². The van der Waals surface area contributed by atoms with E-state index in [2.05, 4.69) is 21.2 Å². The van der Waals surface area contributed by atoms with Crippen molar-refractivity contribution in [3.05, 3.63) is 57.0 Å². The Balaban J connectivity index is 2.45. The van der Waals surface area contributed by atoms with E-state index in [1.165, 1.54) is 0 Å². The fraction of sp³-hybridized carbons (Fsp3) is 0.0714. The van der Waals surface area contributed by atoms with Crippen molar-refractivity contribution < 1.29 is 0 Å². The zero-order chi connectivity index (χ0) is 14.0. The number of thiocarbonyl (C=S) groups is 1. The quantitative estimate of drug-likeness (QED) is 0.778. The second-order valence-corrected chi connectivity index (χ2v) is 5.85. The first-order valence-corrected chi connectivity index (χ1v) is 7.18. The van der Waals surface area contributed by atoms with Crippen LogP contribution in [-0.2, 0) is 0 Å². The Morgan fingerprint density at radius 3 is 2.68 bits per heavy atom. The average Bonchev–Trinajstić information content (AvgIpc) is 2.35. The van der Waals surface area contributed by atoms with E-state index in [0.717, 1.165) is 32.0 Å². The Morgan fingerprint density at radius 1 is 1.26 bits per heavy atom. The van der Waals surface area contributed by atoms with Crippen LogP contribution in [0.1, 0.15) is 11.1 Å². The van der Waals surface area contributed by atoms with Gasteiger partial charge in [0, 0.05) is 26.4 Å². The van der Waals surface area contributed by atoms with Gasteiger partial charge in [-0.15, -0.1) is 0 Å². The van der Waals surface area contributed by atoms with Crippen LogP contribution in [0.3, 0.4) is 0 Å². The third kappa shape index (κ3) is 3.26. The van der Waals surface area contributed by atoms with Gasteiger partial charge in [0.15, 0.2) is 0 Å². The molecule has 0 unspecified atom stereocenters. The summed E-state index contributed by atoms with van der Waals surface area (Å²) in [5.41, 5.74) is 9.31. The average molecular weight is 356 g/mol. The van der Waals surface area contributed by atoms with Gasteiger partial charge >= 0.3 is 0 Å². The van der Waals surface area contributed by atoms with Crippen molar-refractivity contribution in [1.82, 2.24) is 0 Å². The lowest BCUT2D eigenvalue weighted by Crippen LogP contribution is -2.12. The zero-order valence-corrected chi connectivity index (χ0v) is 13.4. The van der Waals surface area contributed by atoms with E-state index in [-0.39, 0.29) is 0 Å². The third-order valence-corrected chi connectivity index (χ3v) is 3.91. The summed E-state index contributed by atoms with van der Waals surface area (Å²) >= 11 is 14.6. The van der Waals surface area contributed by atoms with E-state index < -0.39 is 0 Å². The Labute approximate surface area is 131 Å². The van der Waals surface area contributed by atoms with Crippen LogP contribution < -0.4 is 11.1 Å². The molecule has 0 heterocycles. The van der Waals surface area contributed by atoms with Crippen LogP contribution in [0.4, 0.5) is 11.4 Å². The largest absolute Gasteiger partial charge is 0.389 e. The molecule has 0 aliphatic carbocycles. The summed E-state index contributed by atoms with van der Waals surface area (Å²) in [4.78, 5) is 0.356. The standard InChI is InChI=1S/C14H12BrClN2S/c1-8-11(16)3-2-4-12(8)18-13-7-9(15)5-6-10(13)14(17)19/h2-7,18H,1H3,(H2,17,19). The molecule has 0 amide bonds. The van der Waals surface area contributed by atoms with Crippen molar-refractivity contribution in [3.63, 3.8) is 0 Å². The summed E-state index contributed by atoms with van der Waals surface area (Å²) < 4.78 is 0.953. The summed E-state index contributed by atoms with van der Waals surface area (Å²) in [6.45, 7) is 1.96. The van der Waals surface area contributed by atoms with Gasteiger partial charge in [0.25, 0.3) is 0 Å². The van der Waals surface area contributed by atoms with E-state index in [1.807, 2.05) is 43.3 Å². The normalized spacial score (nSPS) is 10.3. The fourth-order valence-electron chi connectivity index (χ4n) is 1.72. The molecule has 2 nitrogen and oxygen atoms in total. The van der Waals surface area contributed by atoms with Crippen molar-refractivity contribution in [3.8, 4) is 0 Å². The molecule has 2 rings (SSSR count). The molecule has 0 aliphatic rings. The van der Waals surface area contributed by atoms with Gasteiger partial charge in [0.1, 0.15) is 4.99 Å². The smallest absolute Gasteiger partial charge is 0.106 e. The van der Waals surface area contributed by atoms with Crippen molar-refractivity contribution in [2.24, 2.45) is 5.73 Å². The highest BCUT2D eigenvalue weighted by atomic mass is 79.9. The number of anilines is 2. The molecule has 3 N–H and O–H groups in total. The van der Waals surface area contributed by atoms with Crippen molar-refractivity contribution in [1.29, 1.82) is 0 Å². The van der Waals surface area contributed by atoms with Crippen molar-refractivity contribution in [2.75, 3.05) is 5.32 Å². The molecule has 0 aromatic heterocycles. The van der Waals surface area contributed by atoms with E-state index >= 15 is 0 Å². The minimum absolute atomic E-state index is 0.356. The molecular formula is C14H12BrClN2S. The molecule has 5 heteroatoms. The lowest BCUT2D eigenvalue weighted by atomic mass is 10.1. The predicted octanol–water partition coefficient (Wildman–Crippen LogP) is 4.79. The maximum absolute atomic E-state index is 6.11. The first kappa shape index (κ1) is 14.3. The Bertz CT molecular complexity index is 643. The lowest BCUT2D eigenvalue weighted by Gasteiger charge is -2.14. The minimum Gasteiger partial charge on any atom is -0.389 e. The number of rotatable bonds is 3. The third-order valence-electron chi connectivity index (χ3n) is 2.78. The minimum atomic E-state index is 0.356. The Morgan fingerprint density at radius 2 is 2.00 bits per heavy atom. The Hall–Kier alpha value is -1.10. The Kier molecular flexibility index (Phi) is 4.45. The van der Waals surface area contributed by atoms with Crippen LogP contribution in [0.2, 0.25) is 5.02 Å². The second kappa shape index (κ2) is 5.90. The predicted molar refractivity (Wildman–Crippen MR) is 89.5 cm³/mol. The van der Waals surface area contributed by atoms with Gasteiger partial charge in [0.2, 0.25) is 0 Å². The van der Waals surface area contributed by atoms with Gasteiger partial charge in [-0.3, -0.25) is 0 Å². The highest BCUT2D eigenvalue weighted by Crippen LogP contribution is 2.29. The summed E-state index contributed by atoms with van der Waals surface area (Å²) in [7, 11) is 0. The topological polar surface area (TPSA) is 38.0 Å². The van der Waals surface area contributed by atoms with Gasteiger partial charge < -0.3 is 11.1 Å². The molecular weight excluding hydrogens is 344 g/mol.